The molecule has 2 aliphatic heterocycles. The summed E-state index contributed by atoms with van der Waals surface area (Å²) in [5, 5.41) is 5.33. The molecule has 1 aromatic rings. The van der Waals surface area contributed by atoms with Crippen LogP contribution in [0.3, 0.4) is 0 Å². The summed E-state index contributed by atoms with van der Waals surface area (Å²) in [4.78, 5) is 4.57. The molecule has 0 bridgehead atoms. The van der Waals surface area contributed by atoms with E-state index in [-0.39, 0.29) is 0 Å². The number of nitrogens with zero attached hydrogens (tertiary/aromatic N) is 2. The quantitative estimate of drug-likeness (QED) is 0.929. The molecule has 21 heavy (non-hydrogen) atoms. The maximum atomic E-state index is 5.37. The van der Waals surface area contributed by atoms with E-state index >= 15 is 0 Å². The lowest BCUT2D eigenvalue weighted by atomic mass is 10.2. The molecule has 0 aromatic heterocycles. The van der Waals surface area contributed by atoms with E-state index in [9.17, 15) is 0 Å². The molecule has 5 nitrogen and oxygen atoms in total. The van der Waals surface area contributed by atoms with Gasteiger partial charge < -0.3 is 9.47 Å². The molecule has 1 aromatic carbocycles. The van der Waals surface area contributed by atoms with Gasteiger partial charge in [-0.05, 0) is 42.9 Å². The average Bonchev–Trinajstić information content (AvgIpc) is 3.20. The Hall–Kier alpha value is -1.69. The number of amidine groups is 1. The summed E-state index contributed by atoms with van der Waals surface area (Å²) in [6.07, 6.45) is 3.89. The van der Waals surface area contributed by atoms with Crippen molar-refractivity contribution in [2.45, 2.75) is 25.8 Å². The van der Waals surface area contributed by atoms with Gasteiger partial charge in [-0.3, -0.25) is 10.4 Å². The van der Waals surface area contributed by atoms with E-state index in [4.69, 9.17) is 9.47 Å². The van der Waals surface area contributed by atoms with Gasteiger partial charge in [-0.1, -0.05) is 17.8 Å². The normalized spacial score (nSPS) is 22.1. The number of ether oxygens (including phenoxy) is 2. The fraction of sp³-hybridized carbons (Fsp3) is 0.467. The molecule has 6 heteroatoms. The maximum Gasteiger partial charge on any atom is 0.231 e. The summed E-state index contributed by atoms with van der Waals surface area (Å²) >= 11 is 1.74. The van der Waals surface area contributed by atoms with Crippen LogP contribution >= 0.6 is 11.8 Å². The van der Waals surface area contributed by atoms with E-state index in [1.807, 2.05) is 18.2 Å². The van der Waals surface area contributed by atoms with E-state index in [0.717, 1.165) is 40.3 Å². The zero-order chi connectivity index (χ0) is 14.1. The number of aliphatic imine (C=N–C) groups is 1. The molecule has 1 saturated carbocycles. The molecular weight excluding hydrogens is 286 g/mol. The fourth-order valence-electron chi connectivity index (χ4n) is 2.39. The molecule has 1 N–H and O–H groups in total. The third-order valence-corrected chi connectivity index (χ3v) is 4.72. The minimum Gasteiger partial charge on any atom is -0.454 e. The van der Waals surface area contributed by atoms with Gasteiger partial charge >= 0.3 is 0 Å². The van der Waals surface area contributed by atoms with Gasteiger partial charge in [0.1, 0.15) is 0 Å². The highest BCUT2D eigenvalue weighted by molar-refractivity contribution is 8.14. The Labute approximate surface area is 127 Å². The number of hydrogen-bond donors (Lipinski definition) is 1. The van der Waals surface area contributed by atoms with Crippen LogP contribution in [-0.4, -0.2) is 23.4 Å². The van der Waals surface area contributed by atoms with Crippen LogP contribution in [0.5, 0.6) is 11.5 Å². The highest BCUT2D eigenvalue weighted by Crippen LogP contribution is 2.34. The Morgan fingerprint density at radius 3 is 3.00 bits per heavy atom. The Bertz CT molecular complexity index is 611. The third-order valence-electron chi connectivity index (χ3n) is 3.75. The van der Waals surface area contributed by atoms with Gasteiger partial charge in [0.25, 0.3) is 0 Å². The molecule has 1 fully saturated rings. The van der Waals surface area contributed by atoms with Crippen LogP contribution in [0, 0.1) is 5.92 Å². The first-order valence-corrected chi connectivity index (χ1v) is 8.22. The average molecular weight is 303 g/mol. The first-order valence-electron chi connectivity index (χ1n) is 7.24. The van der Waals surface area contributed by atoms with Crippen molar-refractivity contribution in [2.75, 3.05) is 12.5 Å². The van der Waals surface area contributed by atoms with E-state index in [2.05, 4.69) is 15.5 Å². The van der Waals surface area contributed by atoms with Crippen molar-refractivity contribution in [2.24, 2.45) is 16.0 Å². The van der Waals surface area contributed by atoms with Gasteiger partial charge in [0, 0.05) is 11.5 Å². The van der Waals surface area contributed by atoms with Crippen LogP contribution in [0.4, 0.5) is 0 Å². The van der Waals surface area contributed by atoms with Gasteiger partial charge in [0.15, 0.2) is 16.7 Å². The van der Waals surface area contributed by atoms with Crippen LogP contribution in [0.25, 0.3) is 0 Å². The summed E-state index contributed by atoms with van der Waals surface area (Å²) in [5.41, 5.74) is 5.45. The Kier molecular flexibility index (Phi) is 3.47. The zero-order valence-corrected chi connectivity index (χ0v) is 12.5. The van der Waals surface area contributed by atoms with Crippen LogP contribution in [0.2, 0.25) is 0 Å². The number of benzene rings is 1. The predicted molar refractivity (Wildman–Crippen MR) is 84.1 cm³/mol. The molecule has 0 atom stereocenters. The number of hydrazone groups is 1. The number of nitrogens with one attached hydrogen (secondary N) is 1. The summed E-state index contributed by atoms with van der Waals surface area (Å²) in [5.74, 6) is 3.47. The zero-order valence-electron chi connectivity index (χ0n) is 11.7. The monoisotopic (exact) mass is 303 g/mol. The molecule has 2 heterocycles. The first-order chi connectivity index (χ1) is 10.4. The van der Waals surface area contributed by atoms with E-state index in [0.29, 0.717) is 13.3 Å². The molecule has 0 radical (unpaired) electrons. The molecule has 1 aliphatic carbocycles. The molecular formula is C15H17N3O2S. The summed E-state index contributed by atoms with van der Waals surface area (Å²) in [6, 6.07) is 5.94. The van der Waals surface area contributed by atoms with Crippen molar-refractivity contribution in [1.29, 1.82) is 0 Å². The Balaban J connectivity index is 1.36. The van der Waals surface area contributed by atoms with Crippen LogP contribution in [0.1, 0.15) is 24.8 Å². The van der Waals surface area contributed by atoms with Crippen LogP contribution < -0.4 is 14.9 Å². The van der Waals surface area contributed by atoms with Crippen molar-refractivity contribution in [1.82, 2.24) is 5.43 Å². The predicted octanol–water partition coefficient (Wildman–Crippen LogP) is 2.76. The number of hydrogen-bond acceptors (Lipinski definition) is 5. The SMILES string of the molecule is c1cc2c(cc1CN=C1NN=C(CC3CC3)CS1)OCO2. The van der Waals surface area contributed by atoms with Gasteiger partial charge in [0.2, 0.25) is 6.79 Å². The fourth-order valence-corrected chi connectivity index (χ4v) is 3.14. The van der Waals surface area contributed by atoms with Gasteiger partial charge in [-0.25, -0.2) is 0 Å². The second kappa shape index (κ2) is 5.60. The van der Waals surface area contributed by atoms with E-state index in [1.54, 1.807) is 11.8 Å². The van der Waals surface area contributed by atoms with Gasteiger partial charge in [0.05, 0.1) is 6.54 Å². The molecule has 0 unspecified atom stereocenters. The standard InChI is InChI=1S/C15H17N3O2S/c1-2-10(1)5-12-8-21-15(18-17-12)16-7-11-3-4-13-14(6-11)20-9-19-13/h3-4,6,10H,1-2,5,7-9H2,(H,16,18). The number of rotatable bonds is 4. The third kappa shape index (κ3) is 3.15. The van der Waals surface area contributed by atoms with Crippen LogP contribution in [0.15, 0.2) is 28.3 Å². The van der Waals surface area contributed by atoms with Crippen molar-refractivity contribution in [3.63, 3.8) is 0 Å². The van der Waals surface area contributed by atoms with Crippen molar-refractivity contribution < 1.29 is 9.47 Å². The van der Waals surface area contributed by atoms with Crippen molar-refractivity contribution in [3.8, 4) is 11.5 Å². The number of fused-ring (bicyclic) bond motifs is 1. The molecule has 0 saturated heterocycles. The first kappa shape index (κ1) is 13.0. The van der Waals surface area contributed by atoms with E-state index in [1.165, 1.54) is 18.6 Å². The molecule has 3 aliphatic rings. The highest BCUT2D eigenvalue weighted by Gasteiger charge is 2.24. The highest BCUT2D eigenvalue weighted by atomic mass is 32.2. The summed E-state index contributed by atoms with van der Waals surface area (Å²) in [7, 11) is 0. The smallest absolute Gasteiger partial charge is 0.231 e. The topological polar surface area (TPSA) is 55.2 Å². The largest absolute Gasteiger partial charge is 0.454 e. The van der Waals surface area contributed by atoms with Gasteiger partial charge in [-0.15, -0.1) is 0 Å². The lowest BCUT2D eigenvalue weighted by Crippen LogP contribution is -2.25. The van der Waals surface area contributed by atoms with Crippen molar-refractivity contribution in [3.05, 3.63) is 23.8 Å². The van der Waals surface area contributed by atoms with E-state index < -0.39 is 0 Å². The second-order valence-corrected chi connectivity index (χ2v) is 6.50. The van der Waals surface area contributed by atoms with Gasteiger partial charge in [-0.2, -0.15) is 5.10 Å². The number of thioether (sulfide) groups is 1. The second-order valence-electron chi connectivity index (χ2n) is 5.54. The Morgan fingerprint density at radius 2 is 2.19 bits per heavy atom. The minimum absolute atomic E-state index is 0.309. The molecule has 4 rings (SSSR count). The summed E-state index contributed by atoms with van der Waals surface area (Å²) in [6.45, 7) is 0.933. The Morgan fingerprint density at radius 1 is 1.29 bits per heavy atom. The molecule has 110 valence electrons. The maximum absolute atomic E-state index is 5.37. The van der Waals surface area contributed by atoms with Crippen molar-refractivity contribution >= 4 is 22.6 Å². The minimum atomic E-state index is 0.309. The molecule has 0 spiro atoms. The lowest BCUT2D eigenvalue weighted by Gasteiger charge is -2.14. The lowest BCUT2D eigenvalue weighted by molar-refractivity contribution is 0.174. The van der Waals surface area contributed by atoms with Crippen LogP contribution in [-0.2, 0) is 6.54 Å². The summed E-state index contributed by atoms with van der Waals surface area (Å²) < 4.78 is 10.7. The molecule has 0 amide bonds.